The molecule has 1 N–H and O–H groups in total. The fourth-order valence-corrected chi connectivity index (χ4v) is 3.98. The van der Waals surface area contributed by atoms with Crippen molar-refractivity contribution in [2.75, 3.05) is 5.75 Å². The zero-order valence-corrected chi connectivity index (χ0v) is 15.7. The predicted octanol–water partition coefficient (Wildman–Crippen LogP) is 2.69. The first-order valence-electron chi connectivity index (χ1n) is 8.29. The van der Waals surface area contributed by atoms with E-state index in [0.29, 0.717) is 10.6 Å². The highest BCUT2D eigenvalue weighted by Crippen LogP contribution is 2.30. The Hall–Kier alpha value is -2.95. The summed E-state index contributed by atoms with van der Waals surface area (Å²) in [5.74, 6) is -1.09. The van der Waals surface area contributed by atoms with E-state index >= 15 is 0 Å². The molecule has 29 heavy (non-hydrogen) atoms. The Morgan fingerprint density at radius 2 is 1.76 bits per heavy atom. The van der Waals surface area contributed by atoms with Crippen LogP contribution < -0.4 is 11.2 Å². The Kier molecular flexibility index (Phi) is 5.11. The van der Waals surface area contributed by atoms with Crippen molar-refractivity contribution in [1.29, 1.82) is 0 Å². The monoisotopic (exact) mass is 430 g/mol. The molecule has 0 atom stereocenters. The number of benzene rings is 2. The van der Waals surface area contributed by atoms with E-state index in [-0.39, 0.29) is 21.7 Å². The number of sulfone groups is 1. The molecule has 0 bridgehead atoms. The van der Waals surface area contributed by atoms with Gasteiger partial charge in [-0.1, -0.05) is 6.92 Å². The van der Waals surface area contributed by atoms with E-state index in [4.69, 9.17) is 0 Å². The number of alkyl halides is 3. The SMILES string of the molecule is CCS(=O)(=O)c1ccc(F)cc1Cn1c(=O)[nH]c2ccc(C(F)(F)F)cc2c1=O. The smallest absolute Gasteiger partial charge is 0.307 e. The topological polar surface area (TPSA) is 89.0 Å². The number of fused-ring (bicyclic) bond motifs is 1. The van der Waals surface area contributed by atoms with E-state index in [2.05, 4.69) is 4.98 Å². The zero-order chi connectivity index (χ0) is 21.6. The lowest BCUT2D eigenvalue weighted by Gasteiger charge is -2.12. The molecule has 0 saturated carbocycles. The normalized spacial score (nSPS) is 12.4. The molecule has 3 rings (SSSR count). The number of aromatic nitrogens is 2. The van der Waals surface area contributed by atoms with Crippen molar-refractivity contribution in [2.45, 2.75) is 24.5 Å². The molecule has 0 aliphatic carbocycles. The highest BCUT2D eigenvalue weighted by Gasteiger charge is 2.31. The number of rotatable bonds is 4. The van der Waals surface area contributed by atoms with Gasteiger partial charge in [0.15, 0.2) is 9.84 Å². The van der Waals surface area contributed by atoms with Gasteiger partial charge in [0, 0.05) is 0 Å². The van der Waals surface area contributed by atoms with Crippen LogP contribution >= 0.6 is 0 Å². The van der Waals surface area contributed by atoms with Gasteiger partial charge in [-0.25, -0.2) is 17.6 Å². The molecule has 2 aromatic carbocycles. The minimum absolute atomic E-state index is 0.107. The maximum atomic E-state index is 13.7. The van der Waals surface area contributed by atoms with Crippen LogP contribution in [0.15, 0.2) is 50.9 Å². The summed E-state index contributed by atoms with van der Waals surface area (Å²) in [6, 6.07) is 5.09. The Labute approximate surface area is 161 Å². The third-order valence-electron chi connectivity index (χ3n) is 4.38. The molecule has 154 valence electrons. The van der Waals surface area contributed by atoms with Crippen molar-refractivity contribution in [3.63, 3.8) is 0 Å². The molecule has 1 heterocycles. The number of H-pyrrole nitrogens is 1. The van der Waals surface area contributed by atoms with Crippen LogP contribution in [0.1, 0.15) is 18.1 Å². The number of hydrogen-bond acceptors (Lipinski definition) is 4. The summed E-state index contributed by atoms with van der Waals surface area (Å²) < 4.78 is 77.6. The van der Waals surface area contributed by atoms with Gasteiger partial charge in [-0.15, -0.1) is 0 Å². The van der Waals surface area contributed by atoms with Crippen molar-refractivity contribution in [2.24, 2.45) is 0 Å². The van der Waals surface area contributed by atoms with Gasteiger partial charge >= 0.3 is 11.9 Å². The van der Waals surface area contributed by atoms with Gasteiger partial charge in [-0.05, 0) is 42.0 Å². The Morgan fingerprint density at radius 1 is 1.07 bits per heavy atom. The van der Waals surface area contributed by atoms with Crippen LogP contribution in [-0.2, 0) is 22.6 Å². The number of nitrogens with zero attached hydrogens (tertiary/aromatic N) is 1. The number of halogens is 4. The molecule has 0 amide bonds. The van der Waals surface area contributed by atoms with Crippen molar-refractivity contribution in [3.8, 4) is 0 Å². The molecule has 6 nitrogen and oxygen atoms in total. The Balaban J connectivity index is 2.23. The first-order valence-corrected chi connectivity index (χ1v) is 9.94. The molecule has 3 aromatic rings. The molecule has 11 heteroatoms. The summed E-state index contributed by atoms with van der Waals surface area (Å²) in [6.45, 7) is 0.739. The minimum atomic E-state index is -4.70. The summed E-state index contributed by atoms with van der Waals surface area (Å²) in [6.07, 6.45) is -4.70. The second kappa shape index (κ2) is 7.14. The molecule has 1 aromatic heterocycles. The lowest BCUT2D eigenvalue weighted by molar-refractivity contribution is -0.137. The van der Waals surface area contributed by atoms with Crippen LogP contribution in [0.2, 0.25) is 0 Å². The average molecular weight is 430 g/mol. The summed E-state index contributed by atoms with van der Waals surface area (Å²) >= 11 is 0. The third-order valence-corrected chi connectivity index (χ3v) is 6.20. The number of nitrogens with one attached hydrogen (secondary N) is 1. The molecule has 0 aliphatic rings. The molecular formula is C18H14F4N2O4S. The largest absolute Gasteiger partial charge is 0.416 e. The van der Waals surface area contributed by atoms with Gasteiger partial charge < -0.3 is 4.98 Å². The number of aromatic amines is 1. The van der Waals surface area contributed by atoms with E-state index in [9.17, 15) is 35.6 Å². The van der Waals surface area contributed by atoms with Gasteiger partial charge in [0.25, 0.3) is 5.56 Å². The van der Waals surface area contributed by atoms with E-state index in [1.165, 1.54) is 6.92 Å². The van der Waals surface area contributed by atoms with Crippen LogP contribution in [-0.4, -0.2) is 23.7 Å². The fourth-order valence-electron chi connectivity index (χ4n) is 2.87. The maximum absolute atomic E-state index is 13.7. The average Bonchev–Trinajstić information content (AvgIpc) is 2.64. The van der Waals surface area contributed by atoms with Gasteiger partial charge in [0.05, 0.1) is 33.7 Å². The van der Waals surface area contributed by atoms with Crippen LogP contribution in [0.5, 0.6) is 0 Å². The predicted molar refractivity (Wildman–Crippen MR) is 97.1 cm³/mol. The molecule has 0 radical (unpaired) electrons. The molecule has 0 unspecified atom stereocenters. The zero-order valence-electron chi connectivity index (χ0n) is 14.9. The van der Waals surface area contributed by atoms with E-state index in [0.717, 1.165) is 30.3 Å². The highest BCUT2D eigenvalue weighted by atomic mass is 32.2. The second-order valence-electron chi connectivity index (χ2n) is 6.24. The van der Waals surface area contributed by atoms with Gasteiger partial charge in [0.2, 0.25) is 0 Å². The molecule has 0 spiro atoms. The third kappa shape index (κ3) is 3.95. The highest BCUT2D eigenvalue weighted by molar-refractivity contribution is 7.91. The van der Waals surface area contributed by atoms with Crippen molar-refractivity contribution >= 4 is 20.7 Å². The maximum Gasteiger partial charge on any atom is 0.416 e. The second-order valence-corrected chi connectivity index (χ2v) is 8.48. The van der Waals surface area contributed by atoms with E-state index in [1.54, 1.807) is 0 Å². The van der Waals surface area contributed by atoms with Crippen molar-refractivity contribution in [1.82, 2.24) is 9.55 Å². The first-order chi connectivity index (χ1) is 13.4. The first kappa shape index (κ1) is 20.8. The van der Waals surface area contributed by atoms with Gasteiger partial charge in [0.1, 0.15) is 5.82 Å². The van der Waals surface area contributed by atoms with E-state index in [1.807, 2.05) is 0 Å². The van der Waals surface area contributed by atoms with Crippen LogP contribution in [0.25, 0.3) is 10.9 Å². The van der Waals surface area contributed by atoms with Crippen molar-refractivity contribution in [3.05, 3.63) is 74.2 Å². The fraction of sp³-hybridized carbons (Fsp3) is 0.222. The summed E-state index contributed by atoms with van der Waals surface area (Å²) in [5.41, 5.74) is -3.37. The lowest BCUT2D eigenvalue weighted by Crippen LogP contribution is -2.36. The van der Waals surface area contributed by atoms with E-state index < -0.39 is 50.6 Å². The number of hydrogen-bond donors (Lipinski definition) is 1. The molecule has 0 saturated heterocycles. The van der Waals surface area contributed by atoms with Crippen LogP contribution in [0, 0.1) is 5.82 Å². The van der Waals surface area contributed by atoms with Crippen molar-refractivity contribution < 1.29 is 26.0 Å². The minimum Gasteiger partial charge on any atom is -0.307 e. The lowest BCUT2D eigenvalue weighted by atomic mass is 10.1. The van der Waals surface area contributed by atoms with Crippen LogP contribution in [0.4, 0.5) is 17.6 Å². The Morgan fingerprint density at radius 3 is 2.38 bits per heavy atom. The molecule has 0 fully saturated rings. The summed E-state index contributed by atoms with van der Waals surface area (Å²) in [4.78, 5) is 27.0. The molecule has 0 aliphatic heterocycles. The van der Waals surface area contributed by atoms with Gasteiger partial charge in [-0.2, -0.15) is 13.2 Å². The molecular weight excluding hydrogens is 416 g/mol. The quantitative estimate of drug-likeness (QED) is 0.509. The summed E-state index contributed by atoms with van der Waals surface area (Å²) in [7, 11) is -3.80. The van der Waals surface area contributed by atoms with Gasteiger partial charge in [-0.3, -0.25) is 9.36 Å². The Bertz CT molecular complexity index is 1320. The summed E-state index contributed by atoms with van der Waals surface area (Å²) in [5, 5.41) is -0.407. The standard InChI is InChI=1S/C18H14F4N2O4S/c1-2-29(27,28)15-6-4-12(19)7-10(15)9-24-16(25)13-8-11(18(20,21)22)3-5-14(13)23-17(24)26/h3-8H,2,9H2,1H3,(H,23,26). The van der Waals surface area contributed by atoms with Crippen LogP contribution in [0.3, 0.4) is 0 Å².